The number of hydrogen-bond donors (Lipinski definition) is 0. The van der Waals surface area contributed by atoms with Crippen molar-refractivity contribution in [2.24, 2.45) is 0 Å². The first-order chi connectivity index (χ1) is 5.95. The SMILES string of the molecule is CS(=O)(=O)c1ccc(CCl)c(Cl)c1. The minimum Gasteiger partial charge on any atom is -0.224 e. The summed E-state index contributed by atoms with van der Waals surface area (Å²) < 4.78 is 22.2. The normalized spacial score (nSPS) is 11.6. The van der Waals surface area contributed by atoms with Crippen LogP contribution in [0.1, 0.15) is 5.56 Å². The average Bonchev–Trinajstić information content (AvgIpc) is 2.02. The summed E-state index contributed by atoms with van der Waals surface area (Å²) in [6.07, 6.45) is 1.14. The fraction of sp³-hybridized carbons (Fsp3) is 0.250. The van der Waals surface area contributed by atoms with E-state index < -0.39 is 9.84 Å². The summed E-state index contributed by atoms with van der Waals surface area (Å²) in [7, 11) is -3.18. The minimum absolute atomic E-state index is 0.214. The van der Waals surface area contributed by atoms with Crippen LogP contribution in [-0.2, 0) is 15.7 Å². The predicted octanol–water partition coefficient (Wildman–Crippen LogP) is 2.48. The van der Waals surface area contributed by atoms with Gasteiger partial charge in [-0.1, -0.05) is 17.7 Å². The molecule has 5 heteroatoms. The molecule has 0 aliphatic carbocycles. The zero-order valence-electron chi connectivity index (χ0n) is 6.92. The van der Waals surface area contributed by atoms with Crippen LogP contribution in [0.2, 0.25) is 5.02 Å². The number of halogens is 2. The van der Waals surface area contributed by atoms with Gasteiger partial charge in [0, 0.05) is 17.2 Å². The van der Waals surface area contributed by atoms with Crippen molar-refractivity contribution in [2.45, 2.75) is 10.8 Å². The molecule has 0 aliphatic heterocycles. The Morgan fingerprint density at radius 1 is 1.38 bits per heavy atom. The molecule has 0 radical (unpaired) electrons. The molecule has 1 rings (SSSR count). The number of benzene rings is 1. The summed E-state index contributed by atoms with van der Waals surface area (Å²) in [6, 6.07) is 4.53. The smallest absolute Gasteiger partial charge is 0.175 e. The van der Waals surface area contributed by atoms with Gasteiger partial charge in [-0.15, -0.1) is 11.6 Å². The molecule has 1 aromatic carbocycles. The number of hydrogen-bond acceptors (Lipinski definition) is 2. The van der Waals surface area contributed by atoms with E-state index in [0.717, 1.165) is 11.8 Å². The van der Waals surface area contributed by atoms with Crippen molar-refractivity contribution in [1.82, 2.24) is 0 Å². The molecule has 2 nitrogen and oxygen atoms in total. The maximum Gasteiger partial charge on any atom is 0.175 e. The molecule has 0 spiro atoms. The minimum atomic E-state index is -3.18. The van der Waals surface area contributed by atoms with Crippen LogP contribution in [0.25, 0.3) is 0 Å². The Kier molecular flexibility index (Phi) is 3.22. The molecule has 0 atom stereocenters. The molecule has 0 aliphatic rings. The Bertz CT molecular complexity index is 412. The fourth-order valence-electron chi connectivity index (χ4n) is 0.867. The van der Waals surface area contributed by atoms with Gasteiger partial charge >= 0.3 is 0 Å². The van der Waals surface area contributed by atoms with E-state index in [1.54, 1.807) is 6.07 Å². The van der Waals surface area contributed by atoms with Crippen LogP contribution in [0.3, 0.4) is 0 Å². The maximum atomic E-state index is 11.1. The van der Waals surface area contributed by atoms with Gasteiger partial charge in [0.2, 0.25) is 0 Å². The van der Waals surface area contributed by atoms with E-state index >= 15 is 0 Å². The summed E-state index contributed by atoms with van der Waals surface area (Å²) in [5.41, 5.74) is 0.732. The number of alkyl halides is 1. The summed E-state index contributed by atoms with van der Waals surface area (Å²) in [4.78, 5) is 0.214. The Labute approximate surface area is 87.4 Å². The lowest BCUT2D eigenvalue weighted by molar-refractivity contribution is 0.602. The monoisotopic (exact) mass is 238 g/mol. The van der Waals surface area contributed by atoms with Crippen molar-refractivity contribution in [1.29, 1.82) is 0 Å². The van der Waals surface area contributed by atoms with Crippen LogP contribution >= 0.6 is 23.2 Å². The predicted molar refractivity (Wildman–Crippen MR) is 54.1 cm³/mol. The second kappa shape index (κ2) is 3.86. The zero-order valence-corrected chi connectivity index (χ0v) is 9.25. The third-order valence-electron chi connectivity index (χ3n) is 1.60. The van der Waals surface area contributed by atoms with Gasteiger partial charge in [0.15, 0.2) is 9.84 Å². The first-order valence-corrected chi connectivity index (χ1v) is 6.30. The van der Waals surface area contributed by atoms with Gasteiger partial charge in [-0.25, -0.2) is 8.42 Å². The molecule has 0 heterocycles. The van der Waals surface area contributed by atoms with Crippen LogP contribution in [-0.4, -0.2) is 14.7 Å². The molecule has 0 fully saturated rings. The molecule has 0 saturated carbocycles. The van der Waals surface area contributed by atoms with E-state index in [-0.39, 0.29) is 10.8 Å². The van der Waals surface area contributed by atoms with E-state index in [2.05, 4.69) is 0 Å². The number of sulfone groups is 1. The van der Waals surface area contributed by atoms with Gasteiger partial charge in [0.05, 0.1) is 4.90 Å². The van der Waals surface area contributed by atoms with Crippen LogP contribution in [0.5, 0.6) is 0 Å². The van der Waals surface area contributed by atoms with E-state index in [0.29, 0.717) is 5.02 Å². The third-order valence-corrected chi connectivity index (χ3v) is 3.35. The van der Waals surface area contributed by atoms with Crippen LogP contribution < -0.4 is 0 Å². The molecule has 13 heavy (non-hydrogen) atoms. The molecular formula is C8H8Cl2O2S. The highest BCUT2D eigenvalue weighted by Gasteiger charge is 2.08. The highest BCUT2D eigenvalue weighted by molar-refractivity contribution is 7.90. The van der Waals surface area contributed by atoms with Gasteiger partial charge in [0.1, 0.15) is 0 Å². The van der Waals surface area contributed by atoms with Gasteiger partial charge in [-0.2, -0.15) is 0 Å². The van der Waals surface area contributed by atoms with Crippen molar-refractivity contribution < 1.29 is 8.42 Å². The molecule has 0 amide bonds. The average molecular weight is 239 g/mol. The van der Waals surface area contributed by atoms with Crippen molar-refractivity contribution >= 4 is 33.0 Å². The lowest BCUT2D eigenvalue weighted by Gasteiger charge is -2.02. The highest BCUT2D eigenvalue weighted by Crippen LogP contribution is 2.21. The molecule has 0 saturated heterocycles. The molecular weight excluding hydrogens is 231 g/mol. The van der Waals surface area contributed by atoms with Crippen LogP contribution in [0, 0.1) is 0 Å². The van der Waals surface area contributed by atoms with E-state index in [4.69, 9.17) is 23.2 Å². The molecule has 0 unspecified atom stereocenters. The summed E-state index contributed by atoms with van der Waals surface area (Å²) >= 11 is 11.4. The summed E-state index contributed by atoms with van der Waals surface area (Å²) in [6.45, 7) is 0. The van der Waals surface area contributed by atoms with Crippen molar-refractivity contribution in [3.8, 4) is 0 Å². The molecule has 0 N–H and O–H groups in total. The number of rotatable bonds is 2. The first kappa shape index (κ1) is 10.8. The molecule has 0 bridgehead atoms. The molecule has 72 valence electrons. The molecule has 0 aromatic heterocycles. The third kappa shape index (κ3) is 2.59. The second-order valence-electron chi connectivity index (χ2n) is 2.66. The fourth-order valence-corrected chi connectivity index (χ4v) is 2.13. The van der Waals surface area contributed by atoms with Crippen molar-refractivity contribution in [2.75, 3.05) is 6.26 Å². The highest BCUT2D eigenvalue weighted by atomic mass is 35.5. The van der Waals surface area contributed by atoms with Gasteiger partial charge in [-0.05, 0) is 17.7 Å². The van der Waals surface area contributed by atoms with Gasteiger partial charge in [-0.3, -0.25) is 0 Å². The standard InChI is InChI=1S/C8H8Cl2O2S/c1-13(11,12)7-3-2-6(5-9)8(10)4-7/h2-4H,5H2,1H3. The lowest BCUT2D eigenvalue weighted by atomic mass is 10.2. The molecule has 1 aromatic rings. The van der Waals surface area contributed by atoms with Crippen molar-refractivity contribution in [3.63, 3.8) is 0 Å². The van der Waals surface area contributed by atoms with E-state index in [1.165, 1.54) is 12.1 Å². The Morgan fingerprint density at radius 2 is 2.00 bits per heavy atom. The quantitative estimate of drug-likeness (QED) is 0.743. The zero-order chi connectivity index (χ0) is 10.1. The first-order valence-electron chi connectivity index (χ1n) is 3.49. The Morgan fingerprint density at radius 3 is 2.38 bits per heavy atom. The van der Waals surface area contributed by atoms with Crippen LogP contribution in [0.4, 0.5) is 0 Å². The van der Waals surface area contributed by atoms with Gasteiger partial charge < -0.3 is 0 Å². The lowest BCUT2D eigenvalue weighted by Crippen LogP contribution is -1.97. The largest absolute Gasteiger partial charge is 0.224 e. The van der Waals surface area contributed by atoms with E-state index in [1.807, 2.05) is 0 Å². The summed E-state index contributed by atoms with van der Waals surface area (Å²) in [5.74, 6) is 0.281. The topological polar surface area (TPSA) is 34.1 Å². The Balaban J connectivity index is 3.26. The van der Waals surface area contributed by atoms with Crippen molar-refractivity contribution in [3.05, 3.63) is 28.8 Å². The van der Waals surface area contributed by atoms with E-state index in [9.17, 15) is 8.42 Å². The summed E-state index contributed by atoms with van der Waals surface area (Å²) in [5, 5.41) is 0.387. The second-order valence-corrected chi connectivity index (χ2v) is 5.35. The maximum absolute atomic E-state index is 11.1. The van der Waals surface area contributed by atoms with Crippen LogP contribution in [0.15, 0.2) is 23.1 Å². The van der Waals surface area contributed by atoms with Gasteiger partial charge in [0.25, 0.3) is 0 Å². The Hall–Kier alpha value is -0.250.